The molecule has 1 aliphatic rings. The van der Waals surface area contributed by atoms with Crippen LogP contribution in [0.25, 0.3) is 22.6 Å². The van der Waals surface area contributed by atoms with Gasteiger partial charge in [0.25, 0.3) is 0 Å². The molecule has 12 heteroatoms. The zero-order valence-electron chi connectivity index (χ0n) is 22.9. The molecule has 210 valence electrons. The number of nitrogens with zero attached hydrogens (tertiary/aromatic N) is 4. The van der Waals surface area contributed by atoms with Crippen molar-refractivity contribution in [3.05, 3.63) is 40.2 Å². The summed E-state index contributed by atoms with van der Waals surface area (Å²) in [5.74, 6) is 2.27. The third-order valence-electron chi connectivity index (χ3n) is 6.75. The van der Waals surface area contributed by atoms with Gasteiger partial charge >= 0.3 is 6.09 Å². The van der Waals surface area contributed by atoms with Crippen LogP contribution in [0.2, 0.25) is 5.02 Å². The van der Waals surface area contributed by atoms with Crippen LogP contribution in [-0.4, -0.2) is 83.8 Å². The smallest absolute Gasteiger partial charge is 0.409 e. The minimum Gasteiger partial charge on any atom is -0.491 e. The average molecular weight is 559 g/mol. The van der Waals surface area contributed by atoms with Crippen LogP contribution >= 0.6 is 11.6 Å². The number of piperidine rings is 1. The first-order chi connectivity index (χ1) is 18.7. The molecule has 1 saturated heterocycles. The molecule has 4 rings (SSSR count). The van der Waals surface area contributed by atoms with Crippen molar-refractivity contribution in [1.82, 2.24) is 25.3 Å². The molecule has 0 aliphatic carbocycles. The highest BCUT2D eigenvalue weighted by atomic mass is 35.5. The molecule has 0 unspecified atom stereocenters. The Kier molecular flexibility index (Phi) is 9.26. The van der Waals surface area contributed by atoms with E-state index >= 15 is 0 Å². The molecule has 39 heavy (non-hydrogen) atoms. The van der Waals surface area contributed by atoms with Crippen LogP contribution in [0.4, 0.5) is 10.6 Å². The molecule has 1 atom stereocenters. The number of hydrogen-bond donors (Lipinski definition) is 3. The first-order valence-electron chi connectivity index (χ1n) is 12.9. The lowest BCUT2D eigenvalue weighted by Crippen LogP contribution is -2.42. The summed E-state index contributed by atoms with van der Waals surface area (Å²) in [4.78, 5) is 23.4. The monoisotopic (exact) mass is 558 g/mol. The predicted molar refractivity (Wildman–Crippen MR) is 148 cm³/mol. The van der Waals surface area contributed by atoms with Crippen molar-refractivity contribution in [3.63, 3.8) is 0 Å². The van der Waals surface area contributed by atoms with E-state index in [4.69, 9.17) is 35.6 Å². The quantitative estimate of drug-likeness (QED) is 0.354. The summed E-state index contributed by atoms with van der Waals surface area (Å²) in [7, 11) is 3.16. The molecule has 0 spiro atoms. The number of carbonyl (C=O) groups excluding carboxylic acids is 1. The lowest BCUT2D eigenvalue weighted by Gasteiger charge is -2.32. The van der Waals surface area contributed by atoms with Gasteiger partial charge in [-0.05, 0) is 58.9 Å². The number of aryl methyl sites for hydroxylation is 2. The van der Waals surface area contributed by atoms with E-state index in [1.165, 1.54) is 7.11 Å². The normalized spacial score (nSPS) is 14.8. The number of benzene rings is 1. The number of aliphatic hydroxyl groups is 1. The van der Waals surface area contributed by atoms with Crippen LogP contribution in [-0.2, 0) is 4.74 Å². The second-order valence-corrected chi connectivity index (χ2v) is 10.0. The van der Waals surface area contributed by atoms with Crippen LogP contribution in [0.15, 0.2) is 22.7 Å². The second kappa shape index (κ2) is 12.6. The van der Waals surface area contributed by atoms with Gasteiger partial charge in [-0.25, -0.2) is 14.8 Å². The van der Waals surface area contributed by atoms with Crippen molar-refractivity contribution in [2.24, 2.45) is 0 Å². The maximum absolute atomic E-state index is 11.9. The zero-order valence-corrected chi connectivity index (χ0v) is 23.6. The number of nitrogens with one attached hydrogen (secondary N) is 2. The van der Waals surface area contributed by atoms with Crippen LogP contribution in [0.5, 0.6) is 5.75 Å². The molecule has 11 nitrogen and oxygen atoms in total. The fraction of sp³-hybridized carbons (Fsp3) is 0.481. The molecule has 1 aromatic carbocycles. The number of methoxy groups -OCH3 is 1. The summed E-state index contributed by atoms with van der Waals surface area (Å²) in [5, 5.41) is 21.1. The summed E-state index contributed by atoms with van der Waals surface area (Å²) < 4.78 is 16.1. The van der Waals surface area contributed by atoms with Crippen molar-refractivity contribution in [2.45, 2.75) is 45.8 Å². The van der Waals surface area contributed by atoms with Gasteiger partial charge in [0.1, 0.15) is 30.0 Å². The largest absolute Gasteiger partial charge is 0.491 e. The van der Waals surface area contributed by atoms with Crippen molar-refractivity contribution in [1.29, 1.82) is 0 Å². The van der Waals surface area contributed by atoms with E-state index in [0.717, 1.165) is 29.7 Å². The van der Waals surface area contributed by atoms with Gasteiger partial charge in [0.2, 0.25) is 0 Å². The van der Waals surface area contributed by atoms with Gasteiger partial charge in [0.05, 0.1) is 29.1 Å². The number of rotatable bonds is 9. The number of ether oxygens (including phenoxy) is 2. The summed E-state index contributed by atoms with van der Waals surface area (Å²) in [6, 6.07) is 5.35. The number of carbonyl (C=O) groups is 1. The maximum Gasteiger partial charge on any atom is 0.409 e. The number of aromatic nitrogens is 3. The Morgan fingerprint density at radius 2 is 2.00 bits per heavy atom. The van der Waals surface area contributed by atoms with Gasteiger partial charge in [-0.15, -0.1) is 0 Å². The minimum atomic E-state index is -0.655. The molecule has 3 aromatic rings. The summed E-state index contributed by atoms with van der Waals surface area (Å²) in [5.41, 5.74) is 3.66. The standard InChI is InChI=1S/C27H35ClN6O5/c1-15-24(23-16(2)33-39-17(23)3)31-26(21-12-20(6-7-22(21)28)38-14-19(35)13-29-4)32-25(15)30-18-8-10-34(11-9-18)27(36)37-5/h6-7,12,18-19,29,35H,8-11,13-14H2,1-5H3,(H,30,31,32)/t19-/m1/s1. The molecule has 1 aliphatic heterocycles. The number of halogens is 1. The van der Waals surface area contributed by atoms with Crippen molar-refractivity contribution >= 4 is 23.5 Å². The van der Waals surface area contributed by atoms with Gasteiger partial charge in [0.15, 0.2) is 5.82 Å². The number of amides is 1. The van der Waals surface area contributed by atoms with E-state index < -0.39 is 6.10 Å². The Hall–Kier alpha value is -3.41. The highest BCUT2D eigenvalue weighted by Gasteiger charge is 2.26. The van der Waals surface area contributed by atoms with Gasteiger partial charge in [-0.2, -0.15) is 0 Å². The lowest BCUT2D eigenvalue weighted by molar-refractivity contribution is 0.108. The second-order valence-electron chi connectivity index (χ2n) is 9.61. The van der Waals surface area contributed by atoms with Crippen LogP contribution in [0.1, 0.15) is 29.9 Å². The van der Waals surface area contributed by atoms with E-state index in [-0.39, 0.29) is 18.7 Å². The first-order valence-corrected chi connectivity index (χ1v) is 13.3. The van der Waals surface area contributed by atoms with Gasteiger partial charge in [-0.1, -0.05) is 16.8 Å². The number of anilines is 1. The number of hydrogen-bond acceptors (Lipinski definition) is 10. The molecule has 3 heterocycles. The van der Waals surface area contributed by atoms with E-state index in [1.54, 1.807) is 30.1 Å². The summed E-state index contributed by atoms with van der Waals surface area (Å²) in [6.07, 6.45) is 0.517. The topological polar surface area (TPSA) is 135 Å². The van der Waals surface area contributed by atoms with Crippen molar-refractivity contribution in [3.8, 4) is 28.4 Å². The third kappa shape index (κ3) is 6.60. The summed E-state index contributed by atoms with van der Waals surface area (Å²) in [6.45, 7) is 7.39. The fourth-order valence-electron chi connectivity index (χ4n) is 4.62. The Morgan fingerprint density at radius 3 is 2.64 bits per heavy atom. The Balaban J connectivity index is 1.70. The Morgan fingerprint density at radius 1 is 1.26 bits per heavy atom. The van der Waals surface area contributed by atoms with Crippen LogP contribution < -0.4 is 15.4 Å². The molecular weight excluding hydrogens is 524 g/mol. The van der Waals surface area contributed by atoms with Gasteiger partial charge in [-0.3, -0.25) is 0 Å². The number of aliphatic hydroxyl groups excluding tert-OH is 1. The third-order valence-corrected chi connectivity index (χ3v) is 7.08. The summed E-state index contributed by atoms with van der Waals surface area (Å²) >= 11 is 6.63. The molecule has 1 amide bonds. The molecular formula is C27H35ClN6O5. The molecule has 0 bridgehead atoms. The molecule has 0 radical (unpaired) electrons. The zero-order chi connectivity index (χ0) is 28.1. The van der Waals surface area contributed by atoms with E-state index in [2.05, 4.69) is 15.8 Å². The van der Waals surface area contributed by atoms with E-state index in [9.17, 15) is 9.90 Å². The minimum absolute atomic E-state index is 0.101. The van der Waals surface area contributed by atoms with Crippen molar-refractivity contribution < 1.29 is 23.9 Å². The average Bonchev–Trinajstić information content (AvgIpc) is 3.27. The number of likely N-dealkylation sites (N-methyl/N-ethyl adjacent to an activating group) is 1. The highest BCUT2D eigenvalue weighted by Crippen LogP contribution is 2.36. The van der Waals surface area contributed by atoms with Crippen molar-refractivity contribution in [2.75, 3.05) is 45.7 Å². The SMILES string of the molecule is CNC[C@@H](O)COc1ccc(Cl)c(-c2nc(NC3CCN(C(=O)OC)CC3)c(C)c(-c3c(C)noc3C)n2)c1. The molecule has 2 aromatic heterocycles. The van der Waals surface area contributed by atoms with Crippen LogP contribution in [0.3, 0.4) is 0 Å². The fourth-order valence-corrected chi connectivity index (χ4v) is 4.83. The lowest BCUT2D eigenvalue weighted by atomic mass is 10.0. The maximum atomic E-state index is 11.9. The van der Waals surface area contributed by atoms with E-state index in [1.807, 2.05) is 20.8 Å². The number of likely N-dealkylation sites (tertiary alicyclic amines) is 1. The first kappa shape index (κ1) is 28.6. The molecule has 1 fully saturated rings. The van der Waals surface area contributed by atoms with Gasteiger partial charge < -0.3 is 34.6 Å². The van der Waals surface area contributed by atoms with Gasteiger partial charge in [0, 0.05) is 36.8 Å². The highest BCUT2D eigenvalue weighted by molar-refractivity contribution is 6.33. The molecule has 3 N–H and O–H groups in total. The molecule has 0 saturated carbocycles. The van der Waals surface area contributed by atoms with E-state index in [0.29, 0.717) is 59.1 Å². The predicted octanol–water partition coefficient (Wildman–Crippen LogP) is 3.98. The Labute approximate surface area is 232 Å². The Bertz CT molecular complexity index is 1290. The van der Waals surface area contributed by atoms with Crippen LogP contribution in [0, 0.1) is 20.8 Å².